The summed E-state index contributed by atoms with van der Waals surface area (Å²) in [5, 5.41) is 35.7. The molecule has 0 amide bonds. The molecule has 9 N–H and O–H groups in total. The number of hydrogen-bond donors (Lipinski definition) is 7. The molecule has 1 aliphatic rings. The van der Waals surface area contributed by atoms with Gasteiger partial charge < -0.3 is 31.7 Å². The van der Waals surface area contributed by atoms with E-state index in [1.807, 2.05) is 4.72 Å². The van der Waals surface area contributed by atoms with Gasteiger partial charge >= 0.3 is 19.1 Å². The molecule has 0 spiro atoms. The van der Waals surface area contributed by atoms with Crippen LogP contribution in [-0.2, 0) is 19.8 Å². The maximum absolute atomic E-state index is 12.2. The van der Waals surface area contributed by atoms with E-state index in [4.69, 9.17) is 26.6 Å². The van der Waals surface area contributed by atoms with Crippen molar-refractivity contribution in [3.63, 3.8) is 0 Å². The molecule has 0 aliphatic carbocycles. The van der Waals surface area contributed by atoms with Crippen molar-refractivity contribution in [2.24, 2.45) is 17.4 Å². The van der Waals surface area contributed by atoms with Gasteiger partial charge in [-0.3, -0.25) is 9.59 Å². The van der Waals surface area contributed by atoms with Gasteiger partial charge in [0, 0.05) is 25.6 Å². The van der Waals surface area contributed by atoms with Crippen molar-refractivity contribution in [1.82, 2.24) is 9.03 Å². The van der Waals surface area contributed by atoms with Crippen molar-refractivity contribution in [3.05, 3.63) is 0 Å². The van der Waals surface area contributed by atoms with E-state index >= 15 is 0 Å². The number of rotatable bonds is 10. The summed E-state index contributed by atoms with van der Waals surface area (Å²) in [7, 11) is -5.71. The Morgan fingerprint density at radius 2 is 1.96 bits per heavy atom. The zero-order chi connectivity index (χ0) is 19.4. The second kappa shape index (κ2) is 8.40. The lowest BCUT2D eigenvalue weighted by molar-refractivity contribution is -0.144. The molecule has 1 rings (SSSR count). The van der Waals surface area contributed by atoms with E-state index in [1.54, 1.807) is 0 Å². The first-order valence-electron chi connectivity index (χ1n) is 7.51. The largest absolute Gasteiger partial charge is 0.480 e. The molecular formula is C11H23BN4O8S. The molecule has 25 heavy (non-hydrogen) atoms. The summed E-state index contributed by atoms with van der Waals surface area (Å²) in [5.41, 5.74) is 9.28. The van der Waals surface area contributed by atoms with Gasteiger partial charge in [0.15, 0.2) is 0 Å². The first-order chi connectivity index (χ1) is 11.4. The third-order valence-corrected chi connectivity index (χ3v) is 5.64. The molecule has 0 aromatic carbocycles. The quantitative estimate of drug-likeness (QED) is 0.183. The first kappa shape index (κ1) is 21.8. The third kappa shape index (κ3) is 5.60. The Labute approximate surface area is 145 Å². The second-order valence-corrected chi connectivity index (χ2v) is 7.80. The lowest BCUT2D eigenvalue weighted by atomic mass is 9.78. The van der Waals surface area contributed by atoms with Crippen LogP contribution in [0.4, 0.5) is 0 Å². The van der Waals surface area contributed by atoms with Gasteiger partial charge in [-0.2, -0.15) is 17.4 Å². The van der Waals surface area contributed by atoms with Gasteiger partial charge in [0.1, 0.15) is 11.6 Å². The van der Waals surface area contributed by atoms with Crippen LogP contribution in [0.3, 0.4) is 0 Å². The lowest BCUT2D eigenvalue weighted by Crippen LogP contribution is -2.55. The zero-order valence-corrected chi connectivity index (χ0v) is 14.2. The van der Waals surface area contributed by atoms with Gasteiger partial charge in [0.2, 0.25) is 0 Å². The molecule has 0 saturated carbocycles. The van der Waals surface area contributed by atoms with Gasteiger partial charge in [0.05, 0.1) is 0 Å². The highest BCUT2D eigenvalue weighted by molar-refractivity contribution is 7.87. The Balaban J connectivity index is 2.81. The summed E-state index contributed by atoms with van der Waals surface area (Å²) in [6, 6.07) is -1.44. The Morgan fingerprint density at radius 3 is 2.44 bits per heavy atom. The zero-order valence-electron chi connectivity index (χ0n) is 13.4. The summed E-state index contributed by atoms with van der Waals surface area (Å²) in [4.78, 5) is 22.1. The number of carbonyl (C=O) groups is 2. The second-order valence-electron chi connectivity index (χ2n) is 6.04. The van der Waals surface area contributed by atoms with Crippen LogP contribution < -0.4 is 16.2 Å². The van der Waals surface area contributed by atoms with Gasteiger partial charge in [-0.15, -0.1) is 0 Å². The number of nitrogens with zero attached hydrogens (tertiary/aromatic N) is 1. The summed E-state index contributed by atoms with van der Waals surface area (Å²) in [6.07, 6.45) is 0.436. The van der Waals surface area contributed by atoms with E-state index in [1.165, 1.54) is 0 Å². The molecule has 14 heteroatoms. The molecule has 0 radical (unpaired) electrons. The average Bonchev–Trinajstić information content (AvgIpc) is 2.84. The highest BCUT2D eigenvalue weighted by atomic mass is 32.2. The highest BCUT2D eigenvalue weighted by Crippen LogP contribution is 2.31. The SMILES string of the molecule is N[C@@H](CNS(=O)(=O)N1C[C@@H](CCCB(O)O)[C@@](N)(C(=O)O)C1)C(=O)O. The normalized spacial score (nSPS) is 25.7. The van der Waals surface area contributed by atoms with Crippen LogP contribution in [0.5, 0.6) is 0 Å². The minimum absolute atomic E-state index is 0.00463. The number of nitrogens with two attached hydrogens (primary N) is 2. The van der Waals surface area contributed by atoms with Crippen molar-refractivity contribution in [1.29, 1.82) is 0 Å². The summed E-state index contributed by atoms with van der Waals surface area (Å²) in [6.45, 7) is -1.24. The fraction of sp³-hybridized carbons (Fsp3) is 0.818. The van der Waals surface area contributed by atoms with Crippen LogP contribution in [0, 0.1) is 5.92 Å². The number of carboxylic acid groups (broad SMARTS) is 2. The molecule has 0 aromatic rings. The van der Waals surface area contributed by atoms with Gasteiger partial charge in [-0.05, 0) is 12.7 Å². The van der Waals surface area contributed by atoms with Crippen LogP contribution >= 0.6 is 0 Å². The molecule has 1 saturated heterocycles. The summed E-state index contributed by atoms with van der Waals surface area (Å²) >= 11 is 0. The molecule has 3 atom stereocenters. The number of carboxylic acids is 2. The van der Waals surface area contributed by atoms with Crippen LogP contribution in [0.1, 0.15) is 12.8 Å². The smallest absolute Gasteiger partial charge is 0.451 e. The Morgan fingerprint density at radius 1 is 1.36 bits per heavy atom. The van der Waals surface area contributed by atoms with Gasteiger partial charge in [0.25, 0.3) is 10.2 Å². The molecule has 0 unspecified atom stereocenters. The van der Waals surface area contributed by atoms with E-state index in [-0.39, 0.29) is 25.7 Å². The van der Waals surface area contributed by atoms with Crippen LogP contribution in [-0.4, -0.2) is 83.3 Å². The Bertz CT molecular complexity index is 603. The molecule has 1 heterocycles. The fourth-order valence-electron chi connectivity index (χ4n) is 2.59. The Kier molecular flexibility index (Phi) is 7.31. The topological polar surface area (TPSA) is 217 Å². The summed E-state index contributed by atoms with van der Waals surface area (Å²) in [5.74, 6) is -3.50. The van der Waals surface area contributed by atoms with Crippen LogP contribution in [0.2, 0.25) is 6.32 Å². The fourth-order valence-corrected chi connectivity index (χ4v) is 3.92. The minimum atomic E-state index is -4.17. The number of hydrogen-bond acceptors (Lipinski definition) is 8. The maximum atomic E-state index is 12.2. The van der Waals surface area contributed by atoms with E-state index < -0.39 is 59.9 Å². The van der Waals surface area contributed by atoms with Crippen molar-refractivity contribution in [3.8, 4) is 0 Å². The van der Waals surface area contributed by atoms with Crippen molar-refractivity contribution >= 4 is 29.3 Å². The van der Waals surface area contributed by atoms with Crippen molar-refractivity contribution in [2.75, 3.05) is 19.6 Å². The Hall–Kier alpha value is -1.29. The molecule has 1 fully saturated rings. The average molecular weight is 382 g/mol. The predicted octanol–water partition coefficient (Wildman–Crippen LogP) is -3.80. The molecule has 144 valence electrons. The van der Waals surface area contributed by atoms with Crippen molar-refractivity contribution in [2.45, 2.75) is 30.7 Å². The summed E-state index contributed by atoms with van der Waals surface area (Å²) < 4.78 is 27.3. The van der Waals surface area contributed by atoms with Crippen molar-refractivity contribution < 1.29 is 38.3 Å². The minimum Gasteiger partial charge on any atom is -0.480 e. The number of nitrogens with one attached hydrogen (secondary N) is 1. The third-order valence-electron chi connectivity index (χ3n) is 4.15. The van der Waals surface area contributed by atoms with Crippen LogP contribution in [0.15, 0.2) is 0 Å². The standard InChI is InChI=1S/C11H23BN4O8S/c13-8(9(17)18)4-15-25(23,24)16-5-7(2-1-3-12(21)22)11(14,6-16)10(19)20/h7-8,15,21-22H,1-6,13-14H2,(H,17,18)(H,19,20)/t7-,8+,11-/m1/s1. The first-order valence-corrected chi connectivity index (χ1v) is 8.95. The highest BCUT2D eigenvalue weighted by Gasteiger charge is 2.52. The van der Waals surface area contributed by atoms with E-state index in [9.17, 15) is 23.1 Å². The molecule has 12 nitrogen and oxygen atoms in total. The van der Waals surface area contributed by atoms with E-state index in [0.29, 0.717) is 0 Å². The number of aliphatic carboxylic acids is 2. The molecule has 0 aromatic heterocycles. The maximum Gasteiger partial charge on any atom is 0.451 e. The van der Waals surface area contributed by atoms with E-state index in [0.717, 1.165) is 4.31 Å². The molecule has 0 bridgehead atoms. The monoisotopic (exact) mass is 382 g/mol. The predicted molar refractivity (Wildman–Crippen MR) is 86.4 cm³/mol. The molecule has 1 aliphatic heterocycles. The van der Waals surface area contributed by atoms with Gasteiger partial charge in [-0.25, -0.2) is 0 Å². The lowest BCUT2D eigenvalue weighted by Gasteiger charge is -2.25. The molecular weight excluding hydrogens is 359 g/mol. The van der Waals surface area contributed by atoms with Crippen LogP contribution in [0.25, 0.3) is 0 Å². The van der Waals surface area contributed by atoms with Gasteiger partial charge in [-0.1, -0.05) is 6.42 Å². The van der Waals surface area contributed by atoms with E-state index in [2.05, 4.69) is 0 Å².